The van der Waals surface area contributed by atoms with Crippen LogP contribution in [-0.4, -0.2) is 64.4 Å². The molecule has 0 saturated heterocycles. The maximum atomic E-state index is 13.6. The van der Waals surface area contributed by atoms with Crippen molar-refractivity contribution in [2.45, 2.75) is 57.3 Å². The van der Waals surface area contributed by atoms with Gasteiger partial charge in [-0.3, -0.25) is 9.59 Å². The molecule has 0 aromatic heterocycles. The number of anilines is 1. The number of aliphatic hydroxyl groups excluding tert-OH is 1. The molecule has 2 atom stereocenters. The van der Waals surface area contributed by atoms with E-state index in [1.165, 1.54) is 18.1 Å². The minimum absolute atomic E-state index is 0.161. The maximum absolute atomic E-state index is 13.6. The molecule has 10 heteroatoms. The van der Waals surface area contributed by atoms with Gasteiger partial charge >= 0.3 is 6.09 Å². The van der Waals surface area contributed by atoms with Crippen LogP contribution in [0, 0.1) is 0 Å². The van der Waals surface area contributed by atoms with Crippen LogP contribution in [0.15, 0.2) is 48.5 Å². The molecule has 0 heterocycles. The van der Waals surface area contributed by atoms with Crippen LogP contribution in [0.2, 0.25) is 0 Å². The number of nitrogens with zero attached hydrogens (tertiary/aromatic N) is 1. The summed E-state index contributed by atoms with van der Waals surface area (Å²) in [7, 11) is 1.53. The topological polar surface area (TPSA) is 137 Å². The largest absolute Gasteiger partial charge is 0.508 e. The fourth-order valence-electron chi connectivity index (χ4n) is 3.71. The molecular formula is C26H33N3O7. The summed E-state index contributed by atoms with van der Waals surface area (Å²) >= 11 is 0. The molecule has 0 radical (unpaired) electrons. The second-order valence-corrected chi connectivity index (χ2v) is 9.54. The number of hydrogen-bond acceptors (Lipinski definition) is 7. The lowest BCUT2D eigenvalue weighted by atomic mass is 10.0. The number of nitrogens with one attached hydrogen (secondary N) is 2. The Morgan fingerprint density at radius 2 is 1.72 bits per heavy atom. The first-order valence-corrected chi connectivity index (χ1v) is 11.7. The number of methoxy groups -OCH3 is 1. The van der Waals surface area contributed by atoms with Crippen LogP contribution in [0.5, 0.6) is 11.5 Å². The normalized spacial score (nSPS) is 14.8. The van der Waals surface area contributed by atoms with Crippen molar-refractivity contribution in [1.82, 2.24) is 10.2 Å². The predicted octanol–water partition coefficient (Wildman–Crippen LogP) is 2.96. The Hall–Kier alpha value is -3.79. The molecule has 1 fully saturated rings. The van der Waals surface area contributed by atoms with Crippen molar-refractivity contribution in [2.75, 3.05) is 19.0 Å². The molecule has 2 aromatic carbocycles. The van der Waals surface area contributed by atoms with Gasteiger partial charge in [-0.1, -0.05) is 18.2 Å². The van der Waals surface area contributed by atoms with E-state index in [4.69, 9.17) is 9.47 Å². The minimum atomic E-state index is -1.34. The first kappa shape index (κ1) is 26.8. The van der Waals surface area contributed by atoms with E-state index in [1.807, 2.05) is 0 Å². The molecule has 2 aromatic rings. The summed E-state index contributed by atoms with van der Waals surface area (Å²) in [6.45, 7) is 4.33. The van der Waals surface area contributed by atoms with E-state index in [2.05, 4.69) is 10.6 Å². The predicted molar refractivity (Wildman–Crippen MR) is 133 cm³/mol. The van der Waals surface area contributed by atoms with Crippen molar-refractivity contribution in [3.05, 3.63) is 54.1 Å². The summed E-state index contributed by atoms with van der Waals surface area (Å²) in [6.07, 6.45) is 0.402. The van der Waals surface area contributed by atoms with Crippen LogP contribution < -0.4 is 15.4 Å². The Bertz CT molecular complexity index is 1080. The zero-order valence-electron chi connectivity index (χ0n) is 20.9. The number of rotatable bonds is 9. The van der Waals surface area contributed by atoms with Gasteiger partial charge in [0.1, 0.15) is 29.2 Å². The molecule has 3 rings (SSSR count). The van der Waals surface area contributed by atoms with Gasteiger partial charge in [0.15, 0.2) is 0 Å². The van der Waals surface area contributed by atoms with Crippen LogP contribution in [-0.2, 0) is 14.3 Å². The second kappa shape index (κ2) is 11.3. The van der Waals surface area contributed by atoms with Gasteiger partial charge < -0.3 is 35.2 Å². The summed E-state index contributed by atoms with van der Waals surface area (Å²) in [5.41, 5.74) is -0.118. The highest BCUT2D eigenvalue weighted by Crippen LogP contribution is 2.38. The quantitative estimate of drug-likeness (QED) is 0.416. The number of aromatic hydroxyl groups is 1. The number of amides is 3. The van der Waals surface area contributed by atoms with Crippen LogP contribution in [0.1, 0.15) is 45.2 Å². The Kier molecular flexibility index (Phi) is 8.41. The molecular weight excluding hydrogens is 466 g/mol. The van der Waals surface area contributed by atoms with E-state index in [1.54, 1.807) is 63.2 Å². The zero-order chi connectivity index (χ0) is 26.5. The Morgan fingerprint density at radius 1 is 1.08 bits per heavy atom. The van der Waals surface area contributed by atoms with Crippen molar-refractivity contribution in [3.8, 4) is 11.5 Å². The first-order chi connectivity index (χ1) is 17.0. The molecule has 1 saturated carbocycles. The molecule has 194 valence electrons. The number of aliphatic hydroxyl groups is 1. The Labute approximate surface area is 210 Å². The van der Waals surface area contributed by atoms with Gasteiger partial charge in [0.25, 0.3) is 5.91 Å². The number of phenols is 1. The lowest BCUT2D eigenvalue weighted by molar-refractivity contribution is -0.142. The fraction of sp³-hybridized carbons (Fsp3) is 0.423. The number of benzene rings is 2. The van der Waals surface area contributed by atoms with Crippen molar-refractivity contribution in [3.63, 3.8) is 0 Å². The van der Waals surface area contributed by atoms with Gasteiger partial charge in [0, 0.05) is 17.3 Å². The number of carbonyl (C=O) groups is 3. The van der Waals surface area contributed by atoms with Crippen molar-refractivity contribution < 1.29 is 34.1 Å². The molecule has 2 unspecified atom stereocenters. The van der Waals surface area contributed by atoms with Crippen LogP contribution in [0.4, 0.5) is 10.5 Å². The highest BCUT2D eigenvalue weighted by molar-refractivity contribution is 5.99. The Morgan fingerprint density at radius 3 is 2.25 bits per heavy atom. The molecule has 10 nitrogen and oxygen atoms in total. The summed E-state index contributed by atoms with van der Waals surface area (Å²) < 4.78 is 10.4. The van der Waals surface area contributed by atoms with Gasteiger partial charge in [0.05, 0.1) is 13.7 Å². The highest BCUT2D eigenvalue weighted by atomic mass is 16.6. The maximum Gasteiger partial charge on any atom is 0.408 e. The van der Waals surface area contributed by atoms with Crippen LogP contribution in [0.25, 0.3) is 0 Å². The van der Waals surface area contributed by atoms with Gasteiger partial charge in [-0.05, 0) is 63.9 Å². The first-order valence-electron chi connectivity index (χ1n) is 11.7. The number of alkyl carbamates (subject to hydrolysis) is 1. The highest BCUT2D eigenvalue weighted by Gasteiger charge is 2.44. The standard InChI is InChI=1S/C26H33N3O7/c1-26(2,3)36-25(34)28-20(15-30)24(33)29(17-11-12-17)22(19-7-5-6-8-21(19)31)23(32)27-16-9-13-18(35-4)14-10-16/h5-10,13-14,17,20,22,30-31H,11-12,15H2,1-4H3,(H,27,32)(H,28,34). The minimum Gasteiger partial charge on any atom is -0.508 e. The van der Waals surface area contributed by atoms with E-state index in [0.29, 0.717) is 24.3 Å². The lowest BCUT2D eigenvalue weighted by Crippen LogP contribution is -2.54. The molecule has 1 aliphatic carbocycles. The molecule has 36 heavy (non-hydrogen) atoms. The lowest BCUT2D eigenvalue weighted by Gasteiger charge is -2.34. The molecule has 1 aliphatic rings. The van der Waals surface area contributed by atoms with Gasteiger partial charge in [0.2, 0.25) is 5.91 Å². The van der Waals surface area contributed by atoms with E-state index in [-0.39, 0.29) is 17.4 Å². The number of carbonyl (C=O) groups excluding carboxylic acids is 3. The van der Waals surface area contributed by atoms with E-state index in [0.717, 1.165) is 0 Å². The molecule has 3 amide bonds. The third kappa shape index (κ3) is 6.88. The summed E-state index contributed by atoms with van der Waals surface area (Å²) in [5.74, 6) is -0.773. The molecule has 0 spiro atoms. The second-order valence-electron chi connectivity index (χ2n) is 9.54. The smallest absolute Gasteiger partial charge is 0.408 e. The molecule has 4 N–H and O–H groups in total. The summed E-state index contributed by atoms with van der Waals surface area (Å²) in [6, 6.07) is 10.1. The van der Waals surface area contributed by atoms with Gasteiger partial charge in [-0.2, -0.15) is 0 Å². The molecule has 0 bridgehead atoms. The van der Waals surface area contributed by atoms with E-state index in [9.17, 15) is 24.6 Å². The number of para-hydroxylation sites is 1. The zero-order valence-corrected chi connectivity index (χ0v) is 20.9. The van der Waals surface area contributed by atoms with Crippen molar-refractivity contribution >= 4 is 23.6 Å². The van der Waals surface area contributed by atoms with E-state index < -0.39 is 42.2 Å². The number of phenolic OH excluding ortho intramolecular Hbond substituents is 1. The third-order valence-corrected chi connectivity index (χ3v) is 5.48. The number of hydrogen-bond donors (Lipinski definition) is 4. The third-order valence-electron chi connectivity index (χ3n) is 5.48. The monoisotopic (exact) mass is 499 g/mol. The fourth-order valence-corrected chi connectivity index (χ4v) is 3.71. The van der Waals surface area contributed by atoms with Crippen molar-refractivity contribution in [1.29, 1.82) is 0 Å². The van der Waals surface area contributed by atoms with Gasteiger partial charge in [-0.25, -0.2) is 4.79 Å². The van der Waals surface area contributed by atoms with Gasteiger partial charge in [-0.15, -0.1) is 0 Å². The average Bonchev–Trinajstić information content (AvgIpc) is 3.65. The summed E-state index contributed by atoms with van der Waals surface area (Å²) in [4.78, 5) is 40.9. The average molecular weight is 500 g/mol. The summed E-state index contributed by atoms with van der Waals surface area (Å²) in [5, 5.41) is 25.7. The molecule has 0 aliphatic heterocycles. The SMILES string of the molecule is COc1ccc(NC(=O)C(c2ccccc2O)N(C(=O)C(CO)NC(=O)OC(C)(C)C)C2CC2)cc1. The van der Waals surface area contributed by atoms with Crippen LogP contribution >= 0.6 is 0 Å². The number of ether oxygens (including phenoxy) is 2. The Balaban J connectivity index is 1.93. The van der Waals surface area contributed by atoms with E-state index >= 15 is 0 Å². The van der Waals surface area contributed by atoms with Crippen molar-refractivity contribution in [2.24, 2.45) is 0 Å². The van der Waals surface area contributed by atoms with Crippen LogP contribution in [0.3, 0.4) is 0 Å².